The number of aldehydes is 1. The van der Waals surface area contributed by atoms with E-state index in [1.165, 1.54) is 0 Å². The summed E-state index contributed by atoms with van der Waals surface area (Å²) in [4.78, 5) is 11.1. The largest absolute Gasteiger partial charge is 0.395 e. The molecule has 6 heteroatoms. The first kappa shape index (κ1) is 13.6. The molecule has 2 nitrogen and oxygen atoms in total. The molecule has 1 N–H and O–H groups in total. The fourth-order valence-electron chi connectivity index (χ4n) is 2.06. The van der Waals surface area contributed by atoms with Crippen molar-refractivity contribution in [3.05, 3.63) is 33.3 Å². The molecule has 92 valence electrons. The standard InChI is InChI=1S/C11H8BrCl3O2/c12-7-3-6(1-2-8(7)13)9-10(4-16,5-17)11(9,14)15/h1-4,9,17H,5H2. The van der Waals surface area contributed by atoms with Crippen LogP contribution in [0.2, 0.25) is 5.02 Å². The maximum Gasteiger partial charge on any atom is 0.141 e. The van der Waals surface area contributed by atoms with E-state index in [-0.39, 0.29) is 6.61 Å². The highest BCUT2D eigenvalue weighted by Gasteiger charge is 2.76. The van der Waals surface area contributed by atoms with E-state index in [9.17, 15) is 9.90 Å². The Kier molecular flexibility index (Phi) is 3.52. The summed E-state index contributed by atoms with van der Waals surface area (Å²) in [6.07, 6.45) is 0.625. The summed E-state index contributed by atoms with van der Waals surface area (Å²) < 4.78 is -0.568. The number of carbonyl (C=O) groups excluding carboxylic acids is 1. The molecule has 1 aromatic carbocycles. The molecule has 0 spiro atoms. The van der Waals surface area contributed by atoms with Gasteiger partial charge in [0.25, 0.3) is 0 Å². The van der Waals surface area contributed by atoms with Crippen molar-refractivity contribution in [2.24, 2.45) is 5.41 Å². The highest BCUT2D eigenvalue weighted by Crippen LogP contribution is 2.72. The third kappa shape index (κ3) is 1.83. The molecular weight excluding hydrogens is 350 g/mol. The smallest absolute Gasteiger partial charge is 0.141 e. The van der Waals surface area contributed by atoms with Crippen molar-refractivity contribution < 1.29 is 9.90 Å². The van der Waals surface area contributed by atoms with E-state index in [4.69, 9.17) is 34.8 Å². The lowest BCUT2D eigenvalue weighted by molar-refractivity contribution is -0.113. The zero-order valence-corrected chi connectivity index (χ0v) is 12.3. The van der Waals surface area contributed by atoms with Crippen molar-refractivity contribution in [1.29, 1.82) is 0 Å². The Hall–Kier alpha value is 0.200. The normalized spacial score (nSPS) is 30.1. The highest BCUT2D eigenvalue weighted by molar-refractivity contribution is 9.10. The fraction of sp³-hybridized carbons (Fsp3) is 0.364. The van der Waals surface area contributed by atoms with E-state index in [0.29, 0.717) is 15.8 Å². The number of halogens is 4. The zero-order chi connectivity index (χ0) is 12.8. The van der Waals surface area contributed by atoms with Crippen LogP contribution >= 0.6 is 50.7 Å². The van der Waals surface area contributed by atoms with Crippen LogP contribution in [0, 0.1) is 5.41 Å². The first-order valence-corrected chi connectivity index (χ1v) is 6.73. The number of hydrogen-bond acceptors (Lipinski definition) is 2. The minimum absolute atomic E-state index is 0.381. The van der Waals surface area contributed by atoms with Gasteiger partial charge in [-0.25, -0.2) is 0 Å². The van der Waals surface area contributed by atoms with E-state index in [1.807, 2.05) is 0 Å². The summed E-state index contributed by atoms with van der Waals surface area (Å²) in [6.45, 7) is -0.381. The van der Waals surface area contributed by atoms with E-state index >= 15 is 0 Å². The molecule has 1 saturated carbocycles. The molecule has 1 aromatic rings. The molecule has 1 aliphatic rings. The average molecular weight is 358 g/mol. The van der Waals surface area contributed by atoms with Gasteiger partial charge >= 0.3 is 0 Å². The maximum absolute atomic E-state index is 11.1. The fourth-order valence-corrected chi connectivity index (χ4v) is 3.53. The van der Waals surface area contributed by atoms with Gasteiger partial charge in [0.05, 0.1) is 17.0 Å². The number of aliphatic hydroxyl groups excluding tert-OH is 1. The van der Waals surface area contributed by atoms with Gasteiger partial charge in [-0.05, 0) is 33.6 Å². The molecule has 0 bridgehead atoms. The Morgan fingerprint density at radius 1 is 1.47 bits per heavy atom. The Bertz CT molecular complexity index is 478. The minimum Gasteiger partial charge on any atom is -0.395 e. The molecule has 0 aromatic heterocycles. The molecule has 2 atom stereocenters. The summed E-state index contributed by atoms with van der Waals surface area (Å²) in [6, 6.07) is 5.20. The molecule has 0 heterocycles. The first-order valence-electron chi connectivity index (χ1n) is 4.80. The van der Waals surface area contributed by atoms with E-state index in [0.717, 1.165) is 5.56 Å². The van der Waals surface area contributed by atoms with Crippen molar-refractivity contribution in [3.63, 3.8) is 0 Å². The maximum atomic E-state index is 11.1. The van der Waals surface area contributed by atoms with Crippen LogP contribution in [-0.2, 0) is 4.79 Å². The van der Waals surface area contributed by atoms with Gasteiger partial charge < -0.3 is 9.90 Å². The van der Waals surface area contributed by atoms with Gasteiger partial charge in [0.1, 0.15) is 10.6 Å². The summed E-state index contributed by atoms with van der Waals surface area (Å²) >= 11 is 21.3. The highest BCUT2D eigenvalue weighted by atomic mass is 79.9. The first-order chi connectivity index (χ1) is 7.90. The molecule has 0 radical (unpaired) electrons. The van der Waals surface area contributed by atoms with Gasteiger partial charge in [-0.15, -0.1) is 0 Å². The SMILES string of the molecule is O=CC1(CO)C(c2ccc(Cl)c(Br)c2)C1(Cl)Cl. The topological polar surface area (TPSA) is 37.3 Å². The molecule has 0 amide bonds. The molecular formula is C11H8BrCl3O2. The second-order valence-corrected chi connectivity index (χ2v) is 6.69. The van der Waals surface area contributed by atoms with Crippen LogP contribution in [0.5, 0.6) is 0 Å². The van der Waals surface area contributed by atoms with E-state index in [2.05, 4.69) is 15.9 Å². The predicted molar refractivity (Wildman–Crippen MR) is 71.9 cm³/mol. The molecule has 0 saturated heterocycles. The Balaban J connectivity index is 2.43. The second-order valence-electron chi connectivity index (χ2n) is 4.05. The Morgan fingerprint density at radius 3 is 2.53 bits per heavy atom. The third-order valence-corrected chi connectivity index (χ3v) is 5.52. The lowest BCUT2D eigenvalue weighted by atomic mass is 10.0. The molecule has 17 heavy (non-hydrogen) atoms. The van der Waals surface area contributed by atoms with Crippen molar-refractivity contribution in [1.82, 2.24) is 0 Å². The lowest BCUT2D eigenvalue weighted by Gasteiger charge is -2.05. The minimum atomic E-state index is -1.27. The third-order valence-electron chi connectivity index (χ3n) is 3.16. The number of benzene rings is 1. The van der Waals surface area contributed by atoms with Crippen LogP contribution in [0.3, 0.4) is 0 Å². The van der Waals surface area contributed by atoms with E-state index in [1.54, 1.807) is 18.2 Å². The van der Waals surface area contributed by atoms with Crippen LogP contribution in [0.1, 0.15) is 11.5 Å². The number of hydrogen-bond donors (Lipinski definition) is 1. The molecule has 2 rings (SSSR count). The quantitative estimate of drug-likeness (QED) is 0.663. The molecule has 0 aliphatic heterocycles. The van der Waals surface area contributed by atoms with Gasteiger partial charge in [-0.2, -0.15) is 0 Å². The molecule has 1 aliphatic carbocycles. The second kappa shape index (κ2) is 4.39. The monoisotopic (exact) mass is 356 g/mol. The van der Waals surface area contributed by atoms with Crippen molar-refractivity contribution in [2.45, 2.75) is 10.3 Å². The van der Waals surface area contributed by atoms with Crippen LogP contribution < -0.4 is 0 Å². The summed E-state index contributed by atoms with van der Waals surface area (Å²) in [7, 11) is 0. The summed E-state index contributed by atoms with van der Waals surface area (Å²) in [5.41, 5.74) is -0.351. The summed E-state index contributed by atoms with van der Waals surface area (Å²) in [5.74, 6) is -0.422. The Morgan fingerprint density at radius 2 is 2.12 bits per heavy atom. The van der Waals surface area contributed by atoms with Crippen molar-refractivity contribution >= 4 is 57.0 Å². The predicted octanol–water partition coefficient (Wildman–Crippen LogP) is 3.55. The Labute approximate surface area is 122 Å². The summed E-state index contributed by atoms with van der Waals surface area (Å²) in [5, 5.41) is 9.87. The average Bonchev–Trinajstić information content (AvgIpc) is 2.79. The molecule has 1 fully saturated rings. The van der Waals surface area contributed by atoms with Crippen LogP contribution in [0.25, 0.3) is 0 Å². The number of rotatable bonds is 3. The van der Waals surface area contributed by atoms with Crippen LogP contribution in [0.15, 0.2) is 22.7 Å². The van der Waals surface area contributed by atoms with Gasteiger partial charge in [-0.3, -0.25) is 0 Å². The number of aliphatic hydroxyl groups is 1. The number of carbonyl (C=O) groups is 1. The van der Waals surface area contributed by atoms with Gasteiger partial charge in [0, 0.05) is 10.4 Å². The number of alkyl halides is 2. The van der Waals surface area contributed by atoms with Gasteiger partial charge in [0.2, 0.25) is 0 Å². The van der Waals surface area contributed by atoms with Gasteiger partial charge in [0.15, 0.2) is 0 Å². The van der Waals surface area contributed by atoms with Crippen LogP contribution in [-0.4, -0.2) is 22.3 Å². The van der Waals surface area contributed by atoms with Crippen molar-refractivity contribution in [2.75, 3.05) is 6.61 Å². The molecule has 2 unspecified atom stereocenters. The van der Waals surface area contributed by atoms with Crippen LogP contribution in [0.4, 0.5) is 0 Å². The zero-order valence-electron chi connectivity index (χ0n) is 8.46. The van der Waals surface area contributed by atoms with Gasteiger partial charge in [-0.1, -0.05) is 40.9 Å². The lowest BCUT2D eigenvalue weighted by Crippen LogP contribution is -2.16. The van der Waals surface area contributed by atoms with E-state index < -0.39 is 15.7 Å². The van der Waals surface area contributed by atoms with Crippen molar-refractivity contribution in [3.8, 4) is 0 Å².